The lowest BCUT2D eigenvalue weighted by molar-refractivity contribution is -0.124. The highest BCUT2D eigenvalue weighted by Crippen LogP contribution is 2.21. The third kappa shape index (κ3) is 5.96. The summed E-state index contributed by atoms with van der Waals surface area (Å²) in [6.07, 6.45) is 0.550. The molecule has 0 aliphatic rings. The predicted octanol–water partition coefficient (Wildman–Crippen LogP) is 3.52. The van der Waals surface area contributed by atoms with Crippen LogP contribution in [0.2, 0.25) is 10.0 Å². The van der Waals surface area contributed by atoms with E-state index in [1.54, 1.807) is 42.5 Å². The lowest BCUT2D eigenvalue weighted by Gasteiger charge is -2.08. The monoisotopic (exact) mass is 381 g/mol. The summed E-state index contributed by atoms with van der Waals surface area (Å²) < 4.78 is 9.98. The van der Waals surface area contributed by atoms with E-state index in [2.05, 4.69) is 5.32 Å². The molecule has 132 valence electrons. The highest BCUT2D eigenvalue weighted by molar-refractivity contribution is 6.35. The third-order valence-electron chi connectivity index (χ3n) is 3.39. The van der Waals surface area contributed by atoms with Crippen LogP contribution in [0.4, 0.5) is 0 Å². The van der Waals surface area contributed by atoms with Gasteiger partial charge in [-0.2, -0.15) is 0 Å². The van der Waals surface area contributed by atoms with Crippen molar-refractivity contribution in [3.8, 4) is 5.75 Å². The Balaban J connectivity index is 1.73. The van der Waals surface area contributed by atoms with Gasteiger partial charge < -0.3 is 14.8 Å². The molecule has 0 saturated heterocycles. The van der Waals surface area contributed by atoms with Crippen molar-refractivity contribution in [3.05, 3.63) is 63.6 Å². The van der Waals surface area contributed by atoms with Crippen LogP contribution in [-0.2, 0) is 16.0 Å². The molecule has 5 nitrogen and oxygen atoms in total. The van der Waals surface area contributed by atoms with Crippen LogP contribution in [-0.4, -0.2) is 32.1 Å². The lowest BCUT2D eigenvalue weighted by atomic mass is 10.1. The minimum absolute atomic E-state index is 0.348. The number of carbonyl (C=O) groups is 2. The van der Waals surface area contributed by atoms with Gasteiger partial charge in [0.25, 0.3) is 5.91 Å². The first-order chi connectivity index (χ1) is 12.0. The van der Waals surface area contributed by atoms with Crippen LogP contribution in [0.25, 0.3) is 0 Å². The van der Waals surface area contributed by atoms with Crippen molar-refractivity contribution in [3.63, 3.8) is 0 Å². The minimum atomic E-state index is -0.571. The summed E-state index contributed by atoms with van der Waals surface area (Å²) in [6, 6.07) is 11.6. The van der Waals surface area contributed by atoms with Gasteiger partial charge in [0, 0.05) is 16.6 Å². The Morgan fingerprint density at radius 1 is 1.08 bits per heavy atom. The average Bonchev–Trinajstić information content (AvgIpc) is 2.61. The highest BCUT2D eigenvalue weighted by atomic mass is 35.5. The molecule has 25 heavy (non-hydrogen) atoms. The molecular formula is C18H17Cl2NO4. The van der Waals surface area contributed by atoms with Gasteiger partial charge >= 0.3 is 5.97 Å². The zero-order chi connectivity index (χ0) is 18.2. The van der Waals surface area contributed by atoms with E-state index in [9.17, 15) is 9.59 Å². The Labute approximate surface area is 155 Å². The largest absolute Gasteiger partial charge is 0.497 e. The lowest BCUT2D eigenvalue weighted by Crippen LogP contribution is -2.30. The van der Waals surface area contributed by atoms with E-state index in [4.69, 9.17) is 32.7 Å². The number of hydrogen-bond donors (Lipinski definition) is 1. The van der Waals surface area contributed by atoms with Crippen LogP contribution in [0.1, 0.15) is 15.9 Å². The normalized spacial score (nSPS) is 10.2. The van der Waals surface area contributed by atoms with Crippen LogP contribution >= 0.6 is 23.2 Å². The van der Waals surface area contributed by atoms with Crippen molar-refractivity contribution in [1.29, 1.82) is 0 Å². The molecule has 2 aromatic carbocycles. The van der Waals surface area contributed by atoms with Crippen LogP contribution in [0.3, 0.4) is 0 Å². The maximum Gasteiger partial charge on any atom is 0.338 e. The molecule has 0 heterocycles. The number of rotatable bonds is 7. The van der Waals surface area contributed by atoms with Crippen molar-refractivity contribution < 1.29 is 19.1 Å². The molecule has 2 aromatic rings. The van der Waals surface area contributed by atoms with Crippen LogP contribution < -0.4 is 10.1 Å². The summed E-state index contributed by atoms with van der Waals surface area (Å²) in [5.41, 5.74) is 1.23. The fourth-order valence-electron chi connectivity index (χ4n) is 2.05. The summed E-state index contributed by atoms with van der Waals surface area (Å²) in [4.78, 5) is 23.6. The van der Waals surface area contributed by atoms with Crippen molar-refractivity contribution in [2.75, 3.05) is 20.3 Å². The molecule has 0 saturated carbocycles. The topological polar surface area (TPSA) is 64.6 Å². The number of benzene rings is 2. The quantitative estimate of drug-likeness (QED) is 0.745. The summed E-state index contributed by atoms with van der Waals surface area (Å²) in [5, 5.41) is 3.78. The van der Waals surface area contributed by atoms with Gasteiger partial charge in [0.15, 0.2) is 6.61 Å². The Bertz CT molecular complexity index is 747. The summed E-state index contributed by atoms with van der Waals surface area (Å²) >= 11 is 11.9. The Hall–Kier alpha value is -2.24. The fraction of sp³-hybridized carbons (Fsp3) is 0.222. The number of methoxy groups -OCH3 is 1. The Morgan fingerprint density at radius 3 is 2.44 bits per heavy atom. The first-order valence-electron chi connectivity index (χ1n) is 7.51. The van der Waals surface area contributed by atoms with E-state index in [0.717, 1.165) is 5.56 Å². The van der Waals surface area contributed by atoms with Crippen LogP contribution in [0, 0.1) is 0 Å². The highest BCUT2D eigenvalue weighted by Gasteiger charge is 2.10. The van der Waals surface area contributed by atoms with Gasteiger partial charge in [-0.25, -0.2) is 4.79 Å². The summed E-state index contributed by atoms with van der Waals surface area (Å²) in [7, 11) is 1.54. The number of hydrogen-bond acceptors (Lipinski definition) is 4. The molecule has 7 heteroatoms. The maximum absolute atomic E-state index is 11.8. The molecule has 0 radical (unpaired) electrons. The number of esters is 1. The first-order valence-corrected chi connectivity index (χ1v) is 8.27. The van der Waals surface area contributed by atoms with Crippen LogP contribution in [0.15, 0.2) is 42.5 Å². The molecule has 0 aliphatic carbocycles. The van der Waals surface area contributed by atoms with E-state index >= 15 is 0 Å². The maximum atomic E-state index is 11.8. The van der Waals surface area contributed by atoms with E-state index in [1.807, 2.05) is 0 Å². The molecule has 2 rings (SSSR count). The van der Waals surface area contributed by atoms with Gasteiger partial charge in [0.05, 0.1) is 12.7 Å². The molecule has 0 aromatic heterocycles. The van der Waals surface area contributed by atoms with E-state index in [1.165, 1.54) is 7.11 Å². The first kappa shape index (κ1) is 19.1. The number of carbonyl (C=O) groups excluding carboxylic acids is 2. The van der Waals surface area contributed by atoms with Gasteiger partial charge in [-0.15, -0.1) is 0 Å². The van der Waals surface area contributed by atoms with Gasteiger partial charge in [0.2, 0.25) is 0 Å². The van der Waals surface area contributed by atoms with E-state index < -0.39 is 5.97 Å². The van der Waals surface area contributed by atoms with Crippen molar-refractivity contribution in [2.24, 2.45) is 0 Å². The van der Waals surface area contributed by atoms with E-state index in [0.29, 0.717) is 34.3 Å². The number of halogens is 2. The van der Waals surface area contributed by atoms with Crippen LogP contribution in [0.5, 0.6) is 5.75 Å². The number of ether oxygens (including phenoxy) is 2. The van der Waals surface area contributed by atoms with Crippen molar-refractivity contribution in [1.82, 2.24) is 5.32 Å². The van der Waals surface area contributed by atoms with Gasteiger partial charge in [-0.05, 0) is 48.4 Å². The van der Waals surface area contributed by atoms with Crippen molar-refractivity contribution >= 4 is 35.1 Å². The second kappa shape index (κ2) is 9.30. The second-order valence-electron chi connectivity index (χ2n) is 5.14. The van der Waals surface area contributed by atoms with Crippen molar-refractivity contribution in [2.45, 2.75) is 6.42 Å². The van der Waals surface area contributed by atoms with Gasteiger partial charge in [0.1, 0.15) is 5.75 Å². The smallest absolute Gasteiger partial charge is 0.338 e. The SMILES string of the molecule is COc1ccc(C(=O)OCC(=O)NCCc2ccc(Cl)cc2Cl)cc1. The third-order valence-corrected chi connectivity index (χ3v) is 3.98. The molecule has 0 aliphatic heterocycles. The summed E-state index contributed by atoms with van der Waals surface area (Å²) in [6.45, 7) is 0.0273. The molecule has 0 fully saturated rings. The molecular weight excluding hydrogens is 365 g/mol. The predicted molar refractivity (Wildman–Crippen MR) is 96.5 cm³/mol. The summed E-state index contributed by atoms with van der Waals surface area (Å²) in [5.74, 6) is -0.319. The Morgan fingerprint density at radius 2 is 1.80 bits per heavy atom. The molecule has 1 N–H and O–H groups in total. The standard InChI is InChI=1S/C18H17Cl2NO4/c1-24-15-6-3-13(4-7-15)18(23)25-11-17(22)21-9-8-12-2-5-14(19)10-16(12)20/h2-7,10H,8-9,11H2,1H3,(H,21,22). The molecule has 0 atom stereocenters. The van der Waals surface area contributed by atoms with Gasteiger partial charge in [-0.1, -0.05) is 29.3 Å². The van der Waals surface area contributed by atoms with Gasteiger partial charge in [-0.3, -0.25) is 4.79 Å². The molecule has 0 bridgehead atoms. The zero-order valence-corrected chi connectivity index (χ0v) is 15.1. The Kier molecular flexibility index (Phi) is 7.10. The van der Waals surface area contributed by atoms with E-state index in [-0.39, 0.29) is 12.5 Å². The fourth-order valence-corrected chi connectivity index (χ4v) is 2.56. The average molecular weight is 382 g/mol. The zero-order valence-electron chi connectivity index (χ0n) is 13.6. The molecule has 1 amide bonds. The molecule has 0 spiro atoms. The second-order valence-corrected chi connectivity index (χ2v) is 5.98. The molecule has 0 unspecified atom stereocenters. The number of amides is 1. The minimum Gasteiger partial charge on any atom is -0.497 e. The number of nitrogens with one attached hydrogen (secondary N) is 1.